The van der Waals surface area contributed by atoms with Crippen LogP contribution in [0.4, 0.5) is 0 Å². The van der Waals surface area contributed by atoms with Crippen LogP contribution in [0.3, 0.4) is 0 Å². The number of phenolic OH excluding ortho intramolecular Hbond substituents is 1. The van der Waals surface area contributed by atoms with Crippen LogP contribution in [0.25, 0.3) is 0 Å². The first-order valence-electron chi connectivity index (χ1n) is 3.62. The summed E-state index contributed by atoms with van der Waals surface area (Å²) in [5, 5.41) is 18.1. The summed E-state index contributed by atoms with van der Waals surface area (Å²) in [4.78, 5) is 21.2. The molecule has 0 aromatic heterocycles. The average molecular weight is 180 g/mol. The van der Waals surface area contributed by atoms with Gasteiger partial charge in [0.25, 0.3) is 0 Å². The number of aliphatic hydroxyl groups is 1. The molecule has 2 N–H and O–H groups in total. The molecule has 0 fully saturated rings. The topological polar surface area (TPSA) is 74.6 Å². The molecule has 0 saturated carbocycles. The second-order valence-electron chi connectivity index (χ2n) is 2.46. The molecular formula is C9H8O4. The number of aldehydes is 1. The highest BCUT2D eigenvalue weighted by molar-refractivity contribution is 6.08. The number of aromatic hydroxyl groups is 1. The molecule has 0 radical (unpaired) electrons. The SMILES string of the molecule is O=CC(O)C(=O)c1ccccc1O. The lowest BCUT2D eigenvalue weighted by Gasteiger charge is -2.03. The first-order chi connectivity index (χ1) is 6.16. The Morgan fingerprint density at radius 3 is 2.54 bits per heavy atom. The summed E-state index contributed by atoms with van der Waals surface area (Å²) in [5.41, 5.74) is -0.0536. The second kappa shape index (κ2) is 3.82. The summed E-state index contributed by atoms with van der Waals surface area (Å²) in [7, 11) is 0. The van der Waals surface area contributed by atoms with Gasteiger partial charge >= 0.3 is 0 Å². The van der Waals surface area contributed by atoms with Gasteiger partial charge in [0.1, 0.15) is 5.75 Å². The highest BCUT2D eigenvalue weighted by Gasteiger charge is 2.18. The molecule has 68 valence electrons. The Bertz CT molecular complexity index is 332. The summed E-state index contributed by atoms with van der Waals surface area (Å²) >= 11 is 0. The summed E-state index contributed by atoms with van der Waals surface area (Å²) in [5.74, 6) is -1.04. The first kappa shape index (κ1) is 9.41. The highest BCUT2D eigenvalue weighted by atomic mass is 16.3. The Kier molecular flexibility index (Phi) is 2.76. The summed E-state index contributed by atoms with van der Waals surface area (Å²) in [6.45, 7) is 0. The summed E-state index contributed by atoms with van der Waals surface area (Å²) in [6.07, 6.45) is -1.58. The minimum atomic E-state index is -1.70. The van der Waals surface area contributed by atoms with Crippen molar-refractivity contribution in [2.24, 2.45) is 0 Å². The van der Waals surface area contributed by atoms with Gasteiger partial charge in [0.05, 0.1) is 5.56 Å². The third-order valence-electron chi connectivity index (χ3n) is 1.57. The number of carbonyl (C=O) groups is 2. The molecule has 1 aromatic carbocycles. The maximum Gasteiger partial charge on any atom is 0.202 e. The monoisotopic (exact) mass is 180 g/mol. The lowest BCUT2D eigenvalue weighted by atomic mass is 10.1. The Balaban J connectivity index is 3.02. The number of para-hydroxylation sites is 1. The standard InChI is InChI=1S/C9H8O4/c10-5-8(12)9(13)6-3-1-2-4-7(6)11/h1-5,8,11-12H. The van der Waals surface area contributed by atoms with E-state index in [1.165, 1.54) is 18.2 Å². The van der Waals surface area contributed by atoms with Gasteiger partial charge in [0, 0.05) is 0 Å². The van der Waals surface area contributed by atoms with Crippen LogP contribution in [0.2, 0.25) is 0 Å². The number of aliphatic hydroxyl groups excluding tert-OH is 1. The summed E-state index contributed by atoms with van der Waals surface area (Å²) < 4.78 is 0. The Hall–Kier alpha value is -1.68. The predicted molar refractivity (Wildman–Crippen MR) is 44.5 cm³/mol. The quantitative estimate of drug-likeness (QED) is 0.394. The fraction of sp³-hybridized carbons (Fsp3) is 0.111. The van der Waals surface area contributed by atoms with Crippen molar-refractivity contribution in [1.29, 1.82) is 0 Å². The van der Waals surface area contributed by atoms with Crippen molar-refractivity contribution in [2.45, 2.75) is 6.10 Å². The molecule has 0 spiro atoms. The molecule has 0 saturated heterocycles. The van der Waals surface area contributed by atoms with E-state index in [0.717, 1.165) is 0 Å². The van der Waals surface area contributed by atoms with E-state index < -0.39 is 11.9 Å². The maximum absolute atomic E-state index is 11.2. The zero-order valence-corrected chi connectivity index (χ0v) is 6.68. The lowest BCUT2D eigenvalue weighted by Crippen LogP contribution is -2.21. The molecule has 1 aromatic rings. The third-order valence-corrected chi connectivity index (χ3v) is 1.57. The molecule has 0 aliphatic carbocycles. The van der Waals surface area contributed by atoms with Gasteiger partial charge in [-0.05, 0) is 12.1 Å². The van der Waals surface area contributed by atoms with Gasteiger partial charge < -0.3 is 10.2 Å². The number of Topliss-reactive ketones (excluding diaryl/α,β-unsaturated/α-hetero) is 1. The van der Waals surface area contributed by atoms with Crippen LogP contribution in [0, 0.1) is 0 Å². The number of carbonyl (C=O) groups excluding carboxylic acids is 2. The normalized spacial score (nSPS) is 12.1. The fourth-order valence-corrected chi connectivity index (χ4v) is 0.903. The zero-order valence-electron chi connectivity index (χ0n) is 6.68. The van der Waals surface area contributed by atoms with Crippen LogP contribution in [0.5, 0.6) is 5.75 Å². The van der Waals surface area contributed by atoms with E-state index in [2.05, 4.69) is 0 Å². The second-order valence-corrected chi connectivity index (χ2v) is 2.46. The van der Waals surface area contributed by atoms with Crippen LogP contribution >= 0.6 is 0 Å². The molecular weight excluding hydrogens is 172 g/mol. The Labute approximate surface area is 74.4 Å². The van der Waals surface area contributed by atoms with Crippen molar-refractivity contribution < 1.29 is 19.8 Å². The van der Waals surface area contributed by atoms with E-state index in [4.69, 9.17) is 5.11 Å². The van der Waals surface area contributed by atoms with Crippen LogP contribution in [0.15, 0.2) is 24.3 Å². The van der Waals surface area contributed by atoms with Crippen molar-refractivity contribution >= 4 is 12.1 Å². The Morgan fingerprint density at radius 1 is 1.38 bits per heavy atom. The van der Waals surface area contributed by atoms with Crippen molar-refractivity contribution in [2.75, 3.05) is 0 Å². The molecule has 13 heavy (non-hydrogen) atoms. The lowest BCUT2D eigenvalue weighted by molar-refractivity contribution is -0.112. The molecule has 0 amide bonds. The number of ketones is 1. The van der Waals surface area contributed by atoms with Crippen LogP contribution < -0.4 is 0 Å². The molecule has 1 atom stereocenters. The van der Waals surface area contributed by atoms with E-state index in [1.54, 1.807) is 6.07 Å². The van der Waals surface area contributed by atoms with Gasteiger partial charge in [0.15, 0.2) is 12.4 Å². The Morgan fingerprint density at radius 2 is 2.00 bits per heavy atom. The average Bonchev–Trinajstić information content (AvgIpc) is 2.16. The van der Waals surface area contributed by atoms with E-state index in [0.29, 0.717) is 0 Å². The molecule has 0 aliphatic rings. The molecule has 0 heterocycles. The van der Waals surface area contributed by atoms with E-state index in [-0.39, 0.29) is 17.6 Å². The fourth-order valence-electron chi connectivity index (χ4n) is 0.903. The van der Waals surface area contributed by atoms with Gasteiger partial charge in [0.2, 0.25) is 5.78 Å². The van der Waals surface area contributed by atoms with E-state index in [1.807, 2.05) is 0 Å². The van der Waals surface area contributed by atoms with Crippen molar-refractivity contribution in [1.82, 2.24) is 0 Å². The summed E-state index contributed by atoms with van der Waals surface area (Å²) in [6, 6.07) is 5.72. The van der Waals surface area contributed by atoms with E-state index in [9.17, 15) is 14.7 Å². The minimum absolute atomic E-state index is 0.0536. The number of rotatable bonds is 3. The van der Waals surface area contributed by atoms with Gasteiger partial charge in [-0.1, -0.05) is 12.1 Å². The van der Waals surface area contributed by atoms with E-state index >= 15 is 0 Å². The number of benzene rings is 1. The highest BCUT2D eigenvalue weighted by Crippen LogP contribution is 2.16. The predicted octanol–water partition coefficient (Wildman–Crippen LogP) is 0.135. The largest absolute Gasteiger partial charge is 0.507 e. The smallest absolute Gasteiger partial charge is 0.202 e. The molecule has 0 aliphatic heterocycles. The van der Waals surface area contributed by atoms with Gasteiger partial charge in [-0.2, -0.15) is 0 Å². The zero-order chi connectivity index (χ0) is 9.84. The molecule has 0 bridgehead atoms. The molecule has 4 nitrogen and oxygen atoms in total. The maximum atomic E-state index is 11.2. The van der Waals surface area contributed by atoms with Crippen molar-refractivity contribution in [3.8, 4) is 5.75 Å². The van der Waals surface area contributed by atoms with Gasteiger partial charge in [-0.25, -0.2) is 0 Å². The first-order valence-corrected chi connectivity index (χ1v) is 3.62. The number of hydrogen-bond donors (Lipinski definition) is 2. The van der Waals surface area contributed by atoms with Gasteiger partial charge in [-0.15, -0.1) is 0 Å². The van der Waals surface area contributed by atoms with Crippen LogP contribution in [0.1, 0.15) is 10.4 Å². The minimum Gasteiger partial charge on any atom is -0.507 e. The van der Waals surface area contributed by atoms with Crippen molar-refractivity contribution in [3.05, 3.63) is 29.8 Å². The number of hydrogen-bond acceptors (Lipinski definition) is 4. The molecule has 4 heteroatoms. The third kappa shape index (κ3) is 1.91. The number of phenols is 1. The van der Waals surface area contributed by atoms with Crippen LogP contribution in [-0.4, -0.2) is 28.4 Å². The van der Waals surface area contributed by atoms with Gasteiger partial charge in [-0.3, -0.25) is 9.59 Å². The van der Waals surface area contributed by atoms with Crippen LogP contribution in [-0.2, 0) is 4.79 Å². The molecule has 1 unspecified atom stereocenters. The molecule has 1 rings (SSSR count). The van der Waals surface area contributed by atoms with Crippen molar-refractivity contribution in [3.63, 3.8) is 0 Å².